The molecule has 7 nitrogen and oxygen atoms in total. The number of carbonyl (C=O) groups excluding carboxylic acids is 2. The van der Waals surface area contributed by atoms with Gasteiger partial charge >= 0.3 is 5.97 Å². The van der Waals surface area contributed by atoms with Gasteiger partial charge in [0.1, 0.15) is 4.88 Å². The molecule has 0 saturated heterocycles. The van der Waals surface area contributed by atoms with Gasteiger partial charge in [0.25, 0.3) is 0 Å². The Bertz CT molecular complexity index is 1110. The van der Waals surface area contributed by atoms with Gasteiger partial charge in [0.15, 0.2) is 16.6 Å². The van der Waals surface area contributed by atoms with E-state index >= 15 is 0 Å². The summed E-state index contributed by atoms with van der Waals surface area (Å²) in [7, 11) is 0. The van der Waals surface area contributed by atoms with Crippen molar-refractivity contribution < 1.29 is 23.8 Å². The van der Waals surface area contributed by atoms with Crippen LogP contribution in [0.5, 0.6) is 11.5 Å². The molecule has 0 unspecified atom stereocenters. The highest BCUT2D eigenvalue weighted by molar-refractivity contribution is 7.17. The van der Waals surface area contributed by atoms with Crippen molar-refractivity contribution in [3.05, 3.63) is 70.2 Å². The number of thiazole rings is 1. The van der Waals surface area contributed by atoms with Gasteiger partial charge in [0, 0.05) is 6.42 Å². The lowest BCUT2D eigenvalue weighted by Gasteiger charge is -2.20. The van der Waals surface area contributed by atoms with E-state index in [2.05, 4.69) is 4.98 Å². The first-order valence-electron chi connectivity index (χ1n) is 10.4. The monoisotopic (exact) mass is 452 g/mol. The summed E-state index contributed by atoms with van der Waals surface area (Å²) in [6.45, 7) is 4.39. The van der Waals surface area contributed by atoms with Crippen molar-refractivity contribution in [1.29, 1.82) is 0 Å². The Labute approximate surface area is 190 Å². The molecule has 0 spiro atoms. The van der Waals surface area contributed by atoms with Crippen LogP contribution in [-0.2, 0) is 22.5 Å². The molecule has 0 N–H and O–H groups in total. The number of rotatable bonds is 8. The molecule has 3 aromatic rings. The molecule has 0 fully saturated rings. The minimum Gasteiger partial charge on any atom is -0.462 e. The highest BCUT2D eigenvalue weighted by Gasteiger charge is 2.24. The lowest BCUT2D eigenvalue weighted by molar-refractivity contribution is -0.118. The SMILES string of the molecule is CCOC(=O)c1sc(N(Cc2ccccc2)C(=O)CCc2ccc3c(c2)OCO3)nc1C. The zero-order chi connectivity index (χ0) is 22.5. The van der Waals surface area contributed by atoms with Crippen LogP contribution in [0.3, 0.4) is 0 Å². The van der Waals surface area contributed by atoms with Crippen molar-refractivity contribution in [1.82, 2.24) is 4.98 Å². The number of nitrogens with zero attached hydrogens (tertiary/aromatic N) is 2. The summed E-state index contributed by atoms with van der Waals surface area (Å²) in [6, 6.07) is 15.4. The number of ether oxygens (including phenoxy) is 3. The van der Waals surface area contributed by atoms with E-state index in [0.29, 0.717) is 40.8 Å². The van der Waals surface area contributed by atoms with Crippen LogP contribution < -0.4 is 14.4 Å². The summed E-state index contributed by atoms with van der Waals surface area (Å²) in [5.41, 5.74) is 2.53. The van der Waals surface area contributed by atoms with Crippen LogP contribution in [0.4, 0.5) is 5.13 Å². The van der Waals surface area contributed by atoms with E-state index in [0.717, 1.165) is 16.9 Å². The van der Waals surface area contributed by atoms with Gasteiger partial charge in [-0.05, 0) is 43.5 Å². The fraction of sp³-hybridized carbons (Fsp3) is 0.292. The summed E-state index contributed by atoms with van der Waals surface area (Å²) in [5.74, 6) is 0.929. The fourth-order valence-corrected chi connectivity index (χ4v) is 4.37. The van der Waals surface area contributed by atoms with Crippen molar-refractivity contribution >= 4 is 28.3 Å². The highest BCUT2D eigenvalue weighted by Crippen LogP contribution is 2.33. The molecule has 0 aliphatic carbocycles. The molecule has 2 heterocycles. The standard InChI is InChI=1S/C24H24N2O5S/c1-3-29-23(28)22-16(2)25-24(32-22)26(14-18-7-5-4-6-8-18)21(27)12-10-17-9-11-19-20(13-17)31-15-30-19/h4-9,11,13H,3,10,12,14-15H2,1-2H3. The first kappa shape index (κ1) is 21.8. The summed E-state index contributed by atoms with van der Waals surface area (Å²) in [6.07, 6.45) is 0.843. The Morgan fingerprint density at radius 2 is 1.88 bits per heavy atom. The van der Waals surface area contributed by atoms with Crippen molar-refractivity contribution in [2.75, 3.05) is 18.3 Å². The maximum Gasteiger partial charge on any atom is 0.350 e. The van der Waals surface area contributed by atoms with E-state index in [4.69, 9.17) is 14.2 Å². The van der Waals surface area contributed by atoms with Gasteiger partial charge in [-0.25, -0.2) is 9.78 Å². The van der Waals surface area contributed by atoms with E-state index in [1.54, 1.807) is 18.7 Å². The second kappa shape index (κ2) is 9.82. The topological polar surface area (TPSA) is 78.0 Å². The van der Waals surface area contributed by atoms with E-state index in [1.807, 2.05) is 48.5 Å². The van der Waals surface area contributed by atoms with Crippen LogP contribution in [0.1, 0.15) is 39.8 Å². The molecule has 1 amide bonds. The summed E-state index contributed by atoms with van der Waals surface area (Å²) in [5, 5.41) is 0.491. The number of carbonyl (C=O) groups is 2. The second-order valence-electron chi connectivity index (χ2n) is 7.28. The highest BCUT2D eigenvalue weighted by atomic mass is 32.1. The number of hydrogen-bond acceptors (Lipinski definition) is 7. The van der Waals surface area contributed by atoms with Crippen LogP contribution >= 0.6 is 11.3 Å². The Balaban J connectivity index is 1.54. The Kier molecular flexibility index (Phi) is 6.70. The van der Waals surface area contributed by atoms with Crippen LogP contribution in [-0.4, -0.2) is 30.3 Å². The third kappa shape index (κ3) is 4.91. The Morgan fingerprint density at radius 1 is 1.09 bits per heavy atom. The van der Waals surface area contributed by atoms with E-state index in [1.165, 1.54) is 11.3 Å². The molecule has 0 saturated carbocycles. The van der Waals surface area contributed by atoms with E-state index in [-0.39, 0.29) is 19.3 Å². The van der Waals surface area contributed by atoms with Gasteiger partial charge in [-0.1, -0.05) is 47.7 Å². The molecule has 0 atom stereocenters. The molecule has 1 aliphatic heterocycles. The van der Waals surface area contributed by atoms with Crippen LogP contribution in [0, 0.1) is 6.92 Å². The summed E-state index contributed by atoms with van der Waals surface area (Å²) in [4.78, 5) is 32.1. The number of amides is 1. The van der Waals surface area contributed by atoms with Gasteiger partial charge < -0.3 is 14.2 Å². The van der Waals surface area contributed by atoms with Crippen molar-refractivity contribution in [2.45, 2.75) is 33.2 Å². The van der Waals surface area contributed by atoms with E-state index in [9.17, 15) is 9.59 Å². The molecule has 8 heteroatoms. The molecular formula is C24H24N2O5S. The van der Waals surface area contributed by atoms with Gasteiger partial charge in [-0.2, -0.15) is 0 Å². The van der Waals surface area contributed by atoms with Crippen LogP contribution in [0.25, 0.3) is 0 Å². The van der Waals surface area contributed by atoms with E-state index < -0.39 is 5.97 Å². The maximum absolute atomic E-state index is 13.3. The largest absolute Gasteiger partial charge is 0.462 e. The molecule has 1 aromatic heterocycles. The lowest BCUT2D eigenvalue weighted by Crippen LogP contribution is -2.30. The third-order valence-electron chi connectivity index (χ3n) is 5.03. The molecular weight excluding hydrogens is 428 g/mol. The Hall–Kier alpha value is -3.39. The molecule has 4 rings (SSSR count). The molecule has 2 aromatic carbocycles. The summed E-state index contributed by atoms with van der Waals surface area (Å²) >= 11 is 1.18. The molecule has 32 heavy (non-hydrogen) atoms. The van der Waals surface area contributed by atoms with Crippen molar-refractivity contribution in [3.63, 3.8) is 0 Å². The predicted octanol–water partition coefficient (Wildman–Crippen LogP) is 4.52. The number of aromatic nitrogens is 1. The first-order chi connectivity index (χ1) is 15.5. The Morgan fingerprint density at radius 3 is 2.66 bits per heavy atom. The van der Waals surface area contributed by atoms with Gasteiger partial charge in [-0.15, -0.1) is 0 Å². The number of fused-ring (bicyclic) bond motifs is 1. The third-order valence-corrected chi connectivity index (χ3v) is 6.19. The van der Waals surface area contributed by atoms with Crippen molar-refractivity contribution in [3.8, 4) is 11.5 Å². The number of anilines is 1. The predicted molar refractivity (Wildman–Crippen MR) is 121 cm³/mol. The normalized spacial score (nSPS) is 11.9. The summed E-state index contributed by atoms with van der Waals surface area (Å²) < 4.78 is 15.9. The zero-order valence-electron chi connectivity index (χ0n) is 18.0. The average Bonchev–Trinajstić information content (AvgIpc) is 3.42. The average molecular weight is 453 g/mol. The van der Waals surface area contributed by atoms with Crippen molar-refractivity contribution in [2.24, 2.45) is 0 Å². The minimum atomic E-state index is -0.416. The molecule has 166 valence electrons. The van der Waals surface area contributed by atoms with Gasteiger partial charge in [-0.3, -0.25) is 9.69 Å². The van der Waals surface area contributed by atoms with Gasteiger partial charge in [0.05, 0.1) is 18.8 Å². The maximum atomic E-state index is 13.3. The quantitative estimate of drug-likeness (QED) is 0.468. The minimum absolute atomic E-state index is 0.0734. The second-order valence-corrected chi connectivity index (χ2v) is 8.26. The zero-order valence-corrected chi connectivity index (χ0v) is 18.8. The number of benzene rings is 2. The molecule has 0 radical (unpaired) electrons. The smallest absolute Gasteiger partial charge is 0.350 e. The lowest BCUT2D eigenvalue weighted by atomic mass is 10.1. The number of esters is 1. The van der Waals surface area contributed by atoms with Gasteiger partial charge in [0.2, 0.25) is 12.7 Å². The molecule has 0 bridgehead atoms. The number of hydrogen-bond donors (Lipinski definition) is 0. The molecule has 1 aliphatic rings. The first-order valence-corrected chi connectivity index (χ1v) is 11.2. The number of aryl methyl sites for hydroxylation is 2. The van der Waals surface area contributed by atoms with Crippen LogP contribution in [0.2, 0.25) is 0 Å². The fourth-order valence-electron chi connectivity index (χ4n) is 3.39. The van der Waals surface area contributed by atoms with Crippen LogP contribution in [0.15, 0.2) is 48.5 Å².